The van der Waals surface area contributed by atoms with Crippen LogP contribution in [0.1, 0.15) is 46.5 Å². The molecule has 1 aliphatic carbocycles. The van der Waals surface area contributed by atoms with Gasteiger partial charge in [-0.2, -0.15) is 5.26 Å². The molecule has 0 radical (unpaired) electrons. The lowest BCUT2D eigenvalue weighted by Gasteiger charge is -2.23. The van der Waals surface area contributed by atoms with E-state index in [-0.39, 0.29) is 11.9 Å². The second-order valence-electron chi connectivity index (χ2n) is 4.53. The van der Waals surface area contributed by atoms with Gasteiger partial charge in [-0.1, -0.05) is 26.7 Å². The predicted molar refractivity (Wildman–Crippen MR) is 59.0 cm³/mol. The summed E-state index contributed by atoms with van der Waals surface area (Å²) in [6.07, 6.45) is 3.59. The van der Waals surface area contributed by atoms with Crippen LogP contribution in [0.2, 0.25) is 0 Å². The molecule has 0 spiro atoms. The number of carbonyl (C=O) groups is 1. The normalized spacial score (nSPS) is 19.4. The number of carbonyl (C=O) groups excluding carboxylic acids is 1. The molecule has 0 aromatic carbocycles. The molecular formula is C12H20N2O. The van der Waals surface area contributed by atoms with Crippen molar-refractivity contribution in [2.45, 2.75) is 52.5 Å². The van der Waals surface area contributed by atoms with Crippen LogP contribution in [0.4, 0.5) is 0 Å². The summed E-state index contributed by atoms with van der Waals surface area (Å²) in [4.78, 5) is 11.8. The second kappa shape index (κ2) is 4.65. The van der Waals surface area contributed by atoms with E-state index in [1.54, 1.807) is 0 Å². The maximum absolute atomic E-state index is 11.8. The van der Waals surface area contributed by atoms with Gasteiger partial charge in [-0.15, -0.1) is 0 Å². The largest absolute Gasteiger partial charge is 0.352 e. The van der Waals surface area contributed by atoms with Crippen LogP contribution in [-0.2, 0) is 4.79 Å². The van der Waals surface area contributed by atoms with Gasteiger partial charge in [-0.25, -0.2) is 0 Å². The molecular weight excluding hydrogens is 188 g/mol. The van der Waals surface area contributed by atoms with Crippen molar-refractivity contribution >= 4 is 5.91 Å². The van der Waals surface area contributed by atoms with Crippen LogP contribution in [-0.4, -0.2) is 11.9 Å². The van der Waals surface area contributed by atoms with Crippen LogP contribution in [0.3, 0.4) is 0 Å². The minimum Gasteiger partial charge on any atom is -0.352 e. The summed E-state index contributed by atoms with van der Waals surface area (Å²) in [5.74, 6) is 0.452. The summed E-state index contributed by atoms with van der Waals surface area (Å²) in [7, 11) is 0. The van der Waals surface area contributed by atoms with E-state index < -0.39 is 5.41 Å². The Balaban J connectivity index is 2.48. The molecule has 1 fully saturated rings. The highest BCUT2D eigenvalue weighted by Crippen LogP contribution is 2.45. The first kappa shape index (κ1) is 12.0. The Labute approximate surface area is 91.9 Å². The third-order valence-corrected chi connectivity index (χ3v) is 3.51. The van der Waals surface area contributed by atoms with E-state index in [1.165, 1.54) is 0 Å². The summed E-state index contributed by atoms with van der Waals surface area (Å²) < 4.78 is 0. The maximum atomic E-state index is 11.8. The highest BCUT2D eigenvalue weighted by Gasteiger charge is 2.51. The van der Waals surface area contributed by atoms with Gasteiger partial charge < -0.3 is 5.32 Å². The monoisotopic (exact) mass is 208 g/mol. The van der Waals surface area contributed by atoms with Gasteiger partial charge in [0.1, 0.15) is 5.41 Å². The van der Waals surface area contributed by atoms with Crippen LogP contribution in [0.25, 0.3) is 0 Å². The fraction of sp³-hybridized carbons (Fsp3) is 0.833. The first-order valence-electron chi connectivity index (χ1n) is 5.81. The predicted octanol–water partition coefficient (Wildman–Crippen LogP) is 2.23. The smallest absolute Gasteiger partial charge is 0.240 e. The molecule has 15 heavy (non-hydrogen) atoms. The molecule has 1 amide bonds. The zero-order valence-corrected chi connectivity index (χ0v) is 9.84. The molecule has 3 nitrogen and oxygen atoms in total. The van der Waals surface area contributed by atoms with E-state index in [0.29, 0.717) is 5.92 Å². The quantitative estimate of drug-likeness (QED) is 0.753. The number of nitrogens with zero attached hydrogens (tertiary/aromatic N) is 1. The molecule has 3 heteroatoms. The summed E-state index contributed by atoms with van der Waals surface area (Å²) in [6, 6.07) is 2.30. The Morgan fingerprint density at radius 2 is 2.00 bits per heavy atom. The number of nitriles is 1. The van der Waals surface area contributed by atoms with E-state index in [4.69, 9.17) is 5.26 Å². The Kier molecular flexibility index (Phi) is 3.73. The van der Waals surface area contributed by atoms with Crippen molar-refractivity contribution in [2.75, 3.05) is 0 Å². The number of rotatable bonds is 5. The molecule has 0 saturated heterocycles. The van der Waals surface area contributed by atoms with E-state index in [1.807, 2.05) is 6.92 Å². The van der Waals surface area contributed by atoms with Crippen molar-refractivity contribution in [1.29, 1.82) is 5.26 Å². The Morgan fingerprint density at radius 3 is 2.33 bits per heavy atom. The van der Waals surface area contributed by atoms with Crippen molar-refractivity contribution in [3.8, 4) is 6.07 Å². The fourth-order valence-electron chi connectivity index (χ4n) is 1.97. The van der Waals surface area contributed by atoms with Gasteiger partial charge in [0.2, 0.25) is 5.91 Å². The topological polar surface area (TPSA) is 52.9 Å². The average Bonchev–Trinajstić information content (AvgIpc) is 3.00. The molecule has 84 valence electrons. The van der Waals surface area contributed by atoms with Gasteiger partial charge in [0, 0.05) is 6.04 Å². The Hall–Kier alpha value is -1.04. The van der Waals surface area contributed by atoms with E-state index in [9.17, 15) is 4.79 Å². The maximum Gasteiger partial charge on any atom is 0.240 e. The molecule has 0 aromatic heterocycles. The minimum absolute atomic E-state index is 0.0654. The standard InChI is InChI=1S/C12H20N2O/c1-4-10(5-2)9(3)14-11(15)12(8-13)6-7-12/h9-10H,4-7H2,1-3H3,(H,14,15). The lowest BCUT2D eigenvalue weighted by Crippen LogP contribution is -2.41. The fourth-order valence-corrected chi connectivity index (χ4v) is 1.97. The van der Waals surface area contributed by atoms with Crippen molar-refractivity contribution in [1.82, 2.24) is 5.32 Å². The third-order valence-electron chi connectivity index (χ3n) is 3.51. The number of amides is 1. The minimum atomic E-state index is -0.680. The summed E-state index contributed by atoms with van der Waals surface area (Å²) in [6.45, 7) is 6.30. The van der Waals surface area contributed by atoms with Crippen LogP contribution >= 0.6 is 0 Å². The molecule has 0 aromatic rings. The molecule has 1 aliphatic rings. The first-order chi connectivity index (χ1) is 7.09. The van der Waals surface area contributed by atoms with Gasteiger partial charge in [-0.3, -0.25) is 4.79 Å². The van der Waals surface area contributed by atoms with Gasteiger partial charge in [0.15, 0.2) is 0 Å². The number of hydrogen-bond donors (Lipinski definition) is 1. The Morgan fingerprint density at radius 1 is 1.47 bits per heavy atom. The van der Waals surface area contributed by atoms with E-state index >= 15 is 0 Å². The van der Waals surface area contributed by atoms with Crippen molar-refractivity contribution < 1.29 is 4.79 Å². The first-order valence-corrected chi connectivity index (χ1v) is 5.81. The molecule has 1 atom stereocenters. The highest BCUT2D eigenvalue weighted by molar-refractivity contribution is 5.88. The molecule has 0 heterocycles. The zero-order chi connectivity index (χ0) is 11.5. The SMILES string of the molecule is CCC(CC)C(C)NC(=O)C1(C#N)CC1. The van der Waals surface area contributed by atoms with Crippen molar-refractivity contribution in [3.63, 3.8) is 0 Å². The van der Waals surface area contributed by atoms with Crippen LogP contribution in [0.15, 0.2) is 0 Å². The van der Waals surface area contributed by atoms with Gasteiger partial charge >= 0.3 is 0 Å². The molecule has 0 bridgehead atoms. The van der Waals surface area contributed by atoms with Crippen molar-refractivity contribution in [2.24, 2.45) is 11.3 Å². The van der Waals surface area contributed by atoms with Gasteiger partial charge in [-0.05, 0) is 25.7 Å². The Bertz CT molecular complexity index is 272. The van der Waals surface area contributed by atoms with Gasteiger partial charge in [0.05, 0.1) is 6.07 Å². The summed E-state index contributed by atoms with van der Waals surface area (Å²) >= 11 is 0. The highest BCUT2D eigenvalue weighted by atomic mass is 16.2. The second-order valence-corrected chi connectivity index (χ2v) is 4.53. The zero-order valence-electron chi connectivity index (χ0n) is 9.84. The average molecular weight is 208 g/mol. The number of hydrogen-bond acceptors (Lipinski definition) is 2. The lowest BCUT2D eigenvalue weighted by atomic mass is 9.94. The summed E-state index contributed by atoms with van der Waals surface area (Å²) in [5, 5.41) is 11.9. The molecule has 1 rings (SSSR count). The van der Waals surface area contributed by atoms with Crippen molar-refractivity contribution in [3.05, 3.63) is 0 Å². The molecule has 1 N–H and O–H groups in total. The molecule has 1 unspecified atom stereocenters. The van der Waals surface area contributed by atoms with E-state index in [0.717, 1.165) is 25.7 Å². The third kappa shape index (κ3) is 2.50. The van der Waals surface area contributed by atoms with Crippen LogP contribution < -0.4 is 5.32 Å². The van der Waals surface area contributed by atoms with Crippen LogP contribution in [0.5, 0.6) is 0 Å². The summed E-state index contributed by atoms with van der Waals surface area (Å²) in [5.41, 5.74) is -0.680. The molecule has 1 saturated carbocycles. The van der Waals surface area contributed by atoms with Crippen LogP contribution in [0, 0.1) is 22.7 Å². The van der Waals surface area contributed by atoms with Gasteiger partial charge in [0.25, 0.3) is 0 Å². The number of nitrogens with one attached hydrogen (secondary N) is 1. The van der Waals surface area contributed by atoms with E-state index in [2.05, 4.69) is 25.2 Å². The lowest BCUT2D eigenvalue weighted by molar-refractivity contribution is -0.125. The molecule has 0 aliphatic heterocycles.